The lowest BCUT2D eigenvalue weighted by molar-refractivity contribution is -0.138. The summed E-state index contributed by atoms with van der Waals surface area (Å²) in [5, 5.41) is 8.30. The van der Waals surface area contributed by atoms with Gasteiger partial charge >= 0.3 is 6.18 Å². The van der Waals surface area contributed by atoms with Gasteiger partial charge in [0.05, 0.1) is 35.3 Å². The van der Waals surface area contributed by atoms with Crippen molar-refractivity contribution in [1.29, 1.82) is 0 Å². The maximum Gasteiger partial charge on any atom is 0.416 e. The van der Waals surface area contributed by atoms with Crippen molar-refractivity contribution in [3.63, 3.8) is 0 Å². The van der Waals surface area contributed by atoms with Gasteiger partial charge in [-0.25, -0.2) is 0 Å². The van der Waals surface area contributed by atoms with Crippen LogP contribution in [-0.4, -0.2) is 76.3 Å². The highest BCUT2D eigenvalue weighted by atomic mass is 35.5. The van der Waals surface area contributed by atoms with Gasteiger partial charge in [-0.15, -0.1) is 0 Å². The fourth-order valence-electron chi connectivity index (χ4n) is 4.50. The van der Waals surface area contributed by atoms with E-state index in [4.69, 9.17) is 11.6 Å². The second kappa shape index (κ2) is 11.0. The highest BCUT2D eigenvalue weighted by Crippen LogP contribution is 2.35. The molecular weight excluding hydrogens is 553 g/mol. The Bertz CT molecular complexity index is 1490. The molecule has 1 fully saturated rings. The summed E-state index contributed by atoms with van der Waals surface area (Å²) >= 11 is 7.11. The van der Waals surface area contributed by atoms with E-state index >= 15 is 0 Å². The Hall–Kier alpha value is -3.35. The molecule has 1 aromatic heterocycles. The molecule has 204 valence electrons. The quantitative estimate of drug-likeness (QED) is 0.461. The van der Waals surface area contributed by atoms with Crippen molar-refractivity contribution < 1.29 is 22.8 Å². The molecular formula is C26H24ClF3N6O2S. The molecule has 0 bridgehead atoms. The first-order valence-corrected chi connectivity index (χ1v) is 13.3. The summed E-state index contributed by atoms with van der Waals surface area (Å²) in [5.41, 5.74) is 0.694. The van der Waals surface area contributed by atoms with E-state index in [-0.39, 0.29) is 28.9 Å². The number of thioether (sulfide) groups is 1. The fourth-order valence-corrected chi connectivity index (χ4v) is 5.63. The van der Waals surface area contributed by atoms with Crippen molar-refractivity contribution in [2.45, 2.75) is 12.7 Å². The van der Waals surface area contributed by atoms with Crippen LogP contribution in [0.3, 0.4) is 0 Å². The summed E-state index contributed by atoms with van der Waals surface area (Å²) in [6.07, 6.45) is -1.19. The van der Waals surface area contributed by atoms with Crippen LogP contribution in [0.1, 0.15) is 16.7 Å². The Morgan fingerprint density at radius 1 is 1.15 bits per heavy atom. The molecule has 0 aliphatic carbocycles. The predicted octanol–water partition coefficient (Wildman–Crippen LogP) is 4.09. The molecule has 2 amide bonds. The Morgan fingerprint density at radius 2 is 1.92 bits per heavy atom. The zero-order valence-electron chi connectivity index (χ0n) is 20.8. The van der Waals surface area contributed by atoms with E-state index in [0.717, 1.165) is 17.0 Å². The van der Waals surface area contributed by atoms with Crippen molar-refractivity contribution in [2.75, 3.05) is 39.8 Å². The van der Waals surface area contributed by atoms with Gasteiger partial charge in [0.1, 0.15) is 0 Å². The molecule has 0 atom stereocenters. The molecule has 0 saturated carbocycles. The number of fused-ring (bicyclic) bond motifs is 1. The van der Waals surface area contributed by atoms with Gasteiger partial charge in [-0.05, 0) is 53.2 Å². The standard InChI is InChI=1S/C26H24ClF3N6O2S/c1-31-23(37)15-34-6-8-35(9-7-34)25-33-24(38)22(39-25)11-16-2-5-21-18(10-16)13-32-36(21)14-17-3-4-19(27)12-20(17)26(28,29)30/h2-5,10-13H,6-9,14-15H2,1H3,(H,31,37)/b22-11-. The van der Waals surface area contributed by atoms with Gasteiger partial charge in [0.15, 0.2) is 5.17 Å². The molecule has 8 nitrogen and oxygen atoms in total. The molecule has 39 heavy (non-hydrogen) atoms. The Morgan fingerprint density at radius 3 is 2.64 bits per heavy atom. The molecule has 1 saturated heterocycles. The number of carbonyl (C=O) groups is 2. The maximum atomic E-state index is 13.5. The van der Waals surface area contributed by atoms with Crippen LogP contribution in [0.5, 0.6) is 0 Å². The first-order chi connectivity index (χ1) is 18.6. The van der Waals surface area contributed by atoms with Crippen molar-refractivity contribution in [2.24, 2.45) is 4.99 Å². The lowest BCUT2D eigenvalue weighted by Gasteiger charge is -2.34. The van der Waals surface area contributed by atoms with Crippen LogP contribution in [0.15, 0.2) is 52.5 Å². The van der Waals surface area contributed by atoms with Gasteiger partial charge in [0, 0.05) is 43.6 Å². The third kappa shape index (κ3) is 6.13. The number of rotatable bonds is 5. The molecule has 2 aliphatic heterocycles. The SMILES string of the molecule is CNC(=O)CN1CCN(C2=NC(=O)/C(=C/c3ccc4c(cnn4Cc4ccc(Cl)cc4C(F)(F)F)c3)S2)CC1. The third-order valence-corrected chi connectivity index (χ3v) is 7.84. The number of halogens is 4. The number of aliphatic imine (C=N–C) groups is 1. The molecule has 5 rings (SSSR count). The smallest absolute Gasteiger partial charge is 0.358 e. The van der Waals surface area contributed by atoms with Gasteiger partial charge in [-0.1, -0.05) is 23.7 Å². The number of amides is 2. The summed E-state index contributed by atoms with van der Waals surface area (Å²) in [4.78, 5) is 33.0. The van der Waals surface area contributed by atoms with Crippen LogP contribution in [0.4, 0.5) is 13.2 Å². The number of piperazine rings is 1. The van der Waals surface area contributed by atoms with Crippen molar-refractivity contribution in [1.82, 2.24) is 24.9 Å². The van der Waals surface area contributed by atoms with Crippen LogP contribution in [0.2, 0.25) is 5.02 Å². The number of alkyl halides is 3. The average Bonchev–Trinajstić information content (AvgIpc) is 3.47. The minimum Gasteiger partial charge on any atom is -0.358 e. The zero-order valence-corrected chi connectivity index (χ0v) is 22.4. The largest absolute Gasteiger partial charge is 0.416 e. The Balaban J connectivity index is 1.28. The van der Waals surface area contributed by atoms with Crippen LogP contribution in [0.25, 0.3) is 17.0 Å². The van der Waals surface area contributed by atoms with Crippen molar-refractivity contribution >= 4 is 57.3 Å². The average molecular weight is 577 g/mol. The lowest BCUT2D eigenvalue weighted by Crippen LogP contribution is -2.50. The third-order valence-electron chi connectivity index (χ3n) is 6.56. The molecule has 0 unspecified atom stereocenters. The number of hydrogen-bond donors (Lipinski definition) is 1. The maximum absolute atomic E-state index is 13.5. The molecule has 3 aromatic rings. The topological polar surface area (TPSA) is 82.8 Å². The molecule has 0 spiro atoms. The minimum atomic E-state index is -4.53. The highest BCUT2D eigenvalue weighted by Gasteiger charge is 2.34. The fraction of sp³-hybridized carbons (Fsp3) is 0.308. The molecule has 1 N–H and O–H groups in total. The van der Waals surface area contributed by atoms with Crippen molar-refractivity contribution in [3.8, 4) is 0 Å². The van der Waals surface area contributed by atoms with E-state index < -0.39 is 11.7 Å². The van der Waals surface area contributed by atoms with Crippen LogP contribution in [-0.2, 0) is 22.3 Å². The first-order valence-electron chi connectivity index (χ1n) is 12.1. The number of aromatic nitrogens is 2. The number of amidine groups is 1. The van der Waals surface area contributed by atoms with Crippen LogP contribution < -0.4 is 5.32 Å². The van der Waals surface area contributed by atoms with Gasteiger partial charge in [-0.3, -0.25) is 19.2 Å². The summed E-state index contributed by atoms with van der Waals surface area (Å²) in [5.74, 6) is -0.351. The van der Waals surface area contributed by atoms with E-state index in [1.54, 1.807) is 31.5 Å². The Labute approximate surface area is 231 Å². The van der Waals surface area contributed by atoms with E-state index in [9.17, 15) is 22.8 Å². The summed E-state index contributed by atoms with van der Waals surface area (Å²) in [7, 11) is 1.61. The first kappa shape index (κ1) is 27.2. The van der Waals surface area contributed by atoms with Gasteiger partial charge < -0.3 is 10.2 Å². The van der Waals surface area contributed by atoms with Crippen LogP contribution in [0, 0.1) is 0 Å². The predicted molar refractivity (Wildman–Crippen MR) is 145 cm³/mol. The summed E-state index contributed by atoms with van der Waals surface area (Å²) < 4.78 is 42.1. The molecule has 3 heterocycles. The molecule has 0 radical (unpaired) electrons. The monoisotopic (exact) mass is 576 g/mol. The van der Waals surface area contributed by atoms with Crippen molar-refractivity contribution in [3.05, 3.63) is 69.2 Å². The van der Waals surface area contributed by atoms with E-state index in [2.05, 4.69) is 20.3 Å². The van der Waals surface area contributed by atoms with Gasteiger partial charge in [0.2, 0.25) is 5.91 Å². The van der Waals surface area contributed by atoms with Crippen LogP contribution >= 0.6 is 23.4 Å². The number of carbonyl (C=O) groups excluding carboxylic acids is 2. The minimum absolute atomic E-state index is 0.0174. The van der Waals surface area contributed by atoms with E-state index in [0.29, 0.717) is 48.3 Å². The molecule has 2 aliphatic rings. The second-order valence-corrected chi connectivity index (χ2v) is 10.6. The zero-order chi connectivity index (χ0) is 27.7. The van der Waals surface area contributed by atoms with E-state index in [1.165, 1.54) is 28.6 Å². The molecule has 13 heteroatoms. The number of benzene rings is 2. The molecule has 2 aromatic carbocycles. The second-order valence-electron chi connectivity index (χ2n) is 9.17. The normalized spacial score (nSPS) is 17.8. The highest BCUT2D eigenvalue weighted by molar-refractivity contribution is 8.18. The van der Waals surface area contributed by atoms with E-state index in [1.807, 2.05) is 11.0 Å². The lowest BCUT2D eigenvalue weighted by atomic mass is 10.1. The number of nitrogens with zero attached hydrogens (tertiary/aromatic N) is 5. The van der Waals surface area contributed by atoms with Gasteiger partial charge in [-0.2, -0.15) is 23.3 Å². The number of nitrogens with one attached hydrogen (secondary N) is 1. The van der Waals surface area contributed by atoms with Gasteiger partial charge in [0.25, 0.3) is 5.91 Å². The summed E-state index contributed by atoms with van der Waals surface area (Å²) in [6.45, 7) is 2.99. The summed E-state index contributed by atoms with van der Waals surface area (Å²) in [6, 6.07) is 9.12. The number of hydrogen-bond acceptors (Lipinski definition) is 6. The number of likely N-dealkylation sites (N-methyl/N-ethyl adjacent to an activating group) is 1. The Kier molecular flexibility index (Phi) is 7.70.